The zero-order valence-corrected chi connectivity index (χ0v) is 20.2. The zero-order valence-electron chi connectivity index (χ0n) is 19.4. The third-order valence-corrected chi connectivity index (χ3v) is 7.38. The number of pyridine rings is 1. The molecule has 0 amide bonds. The summed E-state index contributed by atoms with van der Waals surface area (Å²) in [7, 11) is 1.66. The van der Waals surface area contributed by atoms with Gasteiger partial charge < -0.3 is 4.74 Å². The third-order valence-electron chi connectivity index (χ3n) is 6.41. The minimum absolute atomic E-state index is 0.0450. The summed E-state index contributed by atoms with van der Waals surface area (Å²) in [4.78, 5) is 8.46. The van der Waals surface area contributed by atoms with Crippen molar-refractivity contribution in [3.05, 3.63) is 100 Å². The Kier molecular flexibility index (Phi) is 6.56. The molecular weight excluding hydrogens is 471 g/mol. The van der Waals surface area contributed by atoms with Crippen molar-refractivity contribution in [1.29, 1.82) is 0 Å². The van der Waals surface area contributed by atoms with Crippen molar-refractivity contribution < 1.29 is 17.9 Å². The van der Waals surface area contributed by atoms with Crippen LogP contribution in [0.1, 0.15) is 46.8 Å². The molecule has 1 aliphatic carbocycles. The molecule has 2 aromatic carbocycles. The van der Waals surface area contributed by atoms with Crippen molar-refractivity contribution in [2.24, 2.45) is 0 Å². The number of aryl methyl sites for hydroxylation is 2. The molecule has 0 spiro atoms. The highest BCUT2D eigenvalue weighted by Crippen LogP contribution is 2.42. The van der Waals surface area contributed by atoms with Gasteiger partial charge in [-0.3, -0.25) is 9.55 Å². The number of aromatic nitrogens is 3. The average Bonchev–Trinajstić information content (AvgIpc) is 3.23. The van der Waals surface area contributed by atoms with Gasteiger partial charge in [0.2, 0.25) is 0 Å². The normalized spacial score (nSPS) is 15.2. The summed E-state index contributed by atoms with van der Waals surface area (Å²) in [5.41, 5.74) is 4.84. The number of ether oxygens (including phenoxy) is 1. The topological polar surface area (TPSA) is 39.9 Å². The van der Waals surface area contributed by atoms with Gasteiger partial charge in [0, 0.05) is 22.9 Å². The van der Waals surface area contributed by atoms with Gasteiger partial charge in [-0.1, -0.05) is 23.9 Å². The molecule has 5 rings (SSSR count). The molecule has 4 nitrogen and oxygen atoms in total. The fourth-order valence-electron chi connectivity index (χ4n) is 4.63. The van der Waals surface area contributed by atoms with E-state index in [9.17, 15) is 13.2 Å². The molecule has 4 aromatic rings. The number of benzene rings is 2. The summed E-state index contributed by atoms with van der Waals surface area (Å²) < 4.78 is 49.8. The second kappa shape index (κ2) is 9.77. The molecule has 0 bridgehead atoms. The van der Waals surface area contributed by atoms with Crippen molar-refractivity contribution in [1.82, 2.24) is 14.5 Å². The lowest BCUT2D eigenvalue weighted by molar-refractivity contribution is 0.410. The summed E-state index contributed by atoms with van der Waals surface area (Å²) in [6.07, 6.45) is 4.71. The molecule has 0 N–H and O–H groups in total. The van der Waals surface area contributed by atoms with Gasteiger partial charge in [-0.2, -0.15) is 0 Å². The second-order valence-corrected chi connectivity index (χ2v) is 9.52. The standard InChI is InChI=1S/C27H24F3N3OS/c1-16-6-7-17(12-25(16)34-2)20-4-3-5-24-26(20)33(19-10-8-18(28)9-11-19)27(32-24)35-15-21-22(29)13-31-14-23(21)30/h6-14,20H,3-5,15H2,1-2H3. The quantitative estimate of drug-likeness (QED) is 0.277. The van der Waals surface area contributed by atoms with Gasteiger partial charge in [0.15, 0.2) is 5.16 Å². The lowest BCUT2D eigenvalue weighted by atomic mass is 9.84. The number of hydrogen-bond acceptors (Lipinski definition) is 4. The Balaban J connectivity index is 1.62. The van der Waals surface area contributed by atoms with E-state index in [1.165, 1.54) is 23.9 Å². The minimum Gasteiger partial charge on any atom is -0.496 e. The highest BCUT2D eigenvalue weighted by molar-refractivity contribution is 7.98. The second-order valence-electron chi connectivity index (χ2n) is 8.58. The largest absolute Gasteiger partial charge is 0.496 e. The first-order chi connectivity index (χ1) is 17.0. The van der Waals surface area contributed by atoms with E-state index in [4.69, 9.17) is 9.72 Å². The summed E-state index contributed by atoms with van der Waals surface area (Å²) in [5.74, 6) is -0.785. The molecule has 0 fully saturated rings. The molecule has 35 heavy (non-hydrogen) atoms. The number of nitrogens with zero attached hydrogens (tertiary/aromatic N) is 3. The minimum atomic E-state index is -0.688. The lowest BCUT2D eigenvalue weighted by Crippen LogP contribution is -2.15. The van der Waals surface area contributed by atoms with Crippen LogP contribution in [-0.2, 0) is 12.2 Å². The first-order valence-corrected chi connectivity index (χ1v) is 12.4. The van der Waals surface area contributed by atoms with E-state index < -0.39 is 11.6 Å². The fourth-order valence-corrected chi connectivity index (χ4v) is 5.69. The highest BCUT2D eigenvalue weighted by Gasteiger charge is 2.30. The van der Waals surface area contributed by atoms with E-state index >= 15 is 0 Å². The Bertz CT molecular complexity index is 1350. The smallest absolute Gasteiger partial charge is 0.173 e. The molecule has 8 heteroatoms. The van der Waals surface area contributed by atoms with Gasteiger partial charge >= 0.3 is 0 Å². The Morgan fingerprint density at radius 1 is 1.06 bits per heavy atom. The van der Waals surface area contributed by atoms with E-state index in [0.717, 1.165) is 65.6 Å². The van der Waals surface area contributed by atoms with Gasteiger partial charge in [-0.25, -0.2) is 18.2 Å². The average molecular weight is 496 g/mol. The Hall–Kier alpha value is -3.26. The molecule has 2 heterocycles. The van der Waals surface area contributed by atoms with Crippen LogP contribution in [0.4, 0.5) is 13.2 Å². The van der Waals surface area contributed by atoms with Crippen LogP contribution in [0.25, 0.3) is 5.69 Å². The molecule has 0 aliphatic heterocycles. The van der Waals surface area contributed by atoms with Crippen LogP contribution < -0.4 is 4.74 Å². The summed E-state index contributed by atoms with van der Waals surface area (Å²) in [6, 6.07) is 12.4. The first kappa shape index (κ1) is 23.5. The lowest BCUT2D eigenvalue weighted by Gasteiger charge is -2.26. The Morgan fingerprint density at radius 2 is 1.80 bits per heavy atom. The molecular formula is C27H24F3N3OS. The van der Waals surface area contributed by atoms with E-state index in [2.05, 4.69) is 17.1 Å². The molecule has 2 aromatic heterocycles. The van der Waals surface area contributed by atoms with E-state index in [0.29, 0.717) is 5.16 Å². The molecule has 0 radical (unpaired) electrons. The zero-order chi connectivity index (χ0) is 24.5. The summed E-state index contributed by atoms with van der Waals surface area (Å²) >= 11 is 1.25. The number of hydrogen-bond donors (Lipinski definition) is 0. The van der Waals surface area contributed by atoms with Crippen molar-refractivity contribution in [2.75, 3.05) is 7.11 Å². The number of fused-ring (bicyclic) bond motifs is 1. The Labute approximate surface area is 206 Å². The van der Waals surface area contributed by atoms with Gasteiger partial charge in [0.05, 0.1) is 30.9 Å². The van der Waals surface area contributed by atoms with Crippen LogP contribution in [-0.4, -0.2) is 21.6 Å². The molecule has 0 saturated carbocycles. The molecule has 1 aliphatic rings. The molecule has 0 saturated heterocycles. The molecule has 1 atom stereocenters. The number of methoxy groups -OCH3 is 1. The van der Waals surface area contributed by atoms with E-state index in [1.807, 2.05) is 17.6 Å². The summed E-state index contributed by atoms with van der Waals surface area (Å²) in [5, 5.41) is 0.614. The van der Waals surface area contributed by atoms with Gasteiger partial charge in [-0.15, -0.1) is 0 Å². The Morgan fingerprint density at radius 3 is 2.51 bits per heavy atom. The maximum atomic E-state index is 14.2. The predicted molar refractivity (Wildman–Crippen MR) is 130 cm³/mol. The number of imidazole rings is 1. The van der Waals surface area contributed by atoms with Gasteiger partial charge in [-0.05, 0) is 67.6 Å². The van der Waals surface area contributed by atoms with Crippen LogP contribution >= 0.6 is 11.8 Å². The van der Waals surface area contributed by atoms with Crippen LogP contribution in [0.2, 0.25) is 0 Å². The van der Waals surface area contributed by atoms with Crippen LogP contribution in [0.3, 0.4) is 0 Å². The van der Waals surface area contributed by atoms with E-state index in [-0.39, 0.29) is 23.1 Å². The number of rotatable bonds is 6. The molecule has 1 unspecified atom stereocenters. The van der Waals surface area contributed by atoms with Crippen molar-refractivity contribution >= 4 is 11.8 Å². The van der Waals surface area contributed by atoms with Gasteiger partial charge in [0.25, 0.3) is 0 Å². The van der Waals surface area contributed by atoms with Crippen LogP contribution in [0, 0.1) is 24.4 Å². The fraction of sp³-hybridized carbons (Fsp3) is 0.259. The number of halogens is 3. The maximum Gasteiger partial charge on any atom is 0.173 e. The maximum absolute atomic E-state index is 14.2. The van der Waals surface area contributed by atoms with Crippen molar-refractivity contribution in [3.63, 3.8) is 0 Å². The number of thioether (sulfide) groups is 1. The first-order valence-electron chi connectivity index (χ1n) is 11.4. The summed E-state index contributed by atoms with van der Waals surface area (Å²) in [6.45, 7) is 2.00. The van der Waals surface area contributed by atoms with Crippen molar-refractivity contribution in [3.8, 4) is 11.4 Å². The predicted octanol–water partition coefficient (Wildman–Crippen LogP) is 6.76. The van der Waals surface area contributed by atoms with Gasteiger partial charge in [0.1, 0.15) is 23.2 Å². The van der Waals surface area contributed by atoms with E-state index in [1.54, 1.807) is 19.2 Å². The van der Waals surface area contributed by atoms with Crippen molar-refractivity contribution in [2.45, 2.75) is 43.0 Å². The monoisotopic (exact) mass is 495 g/mol. The SMILES string of the molecule is COc1cc(C2CCCc3nc(SCc4c(F)cncc4F)n(-c4ccc(F)cc4)c32)ccc1C. The van der Waals surface area contributed by atoms with Crippen LogP contribution in [0.15, 0.2) is 60.0 Å². The van der Waals surface area contributed by atoms with Crippen LogP contribution in [0.5, 0.6) is 5.75 Å². The third kappa shape index (κ3) is 4.55. The highest BCUT2D eigenvalue weighted by atomic mass is 32.2. The molecule has 180 valence electrons.